The van der Waals surface area contributed by atoms with E-state index in [4.69, 9.17) is 5.10 Å². The Hall–Kier alpha value is -1.41. The number of likely N-dealkylation sites (N-methyl/N-ethyl adjacent to an activating group) is 1. The SMILES string of the molecule is CCC[CH2][Sn]([CH2]CCC)([CH2]CCC)[c]1nnn(CC(=O)NCCN(CC)CC)c1-c1ccccc1. The summed E-state index contributed by atoms with van der Waals surface area (Å²) in [5, 5.41) is 12.7. The molecule has 0 aliphatic rings. The predicted octanol–water partition coefficient (Wildman–Crippen LogP) is 5.46. The summed E-state index contributed by atoms with van der Waals surface area (Å²) in [6, 6.07) is 10.5. The zero-order valence-corrected chi connectivity index (χ0v) is 25.8. The molecule has 2 rings (SSSR count). The topological polar surface area (TPSA) is 63.1 Å². The summed E-state index contributed by atoms with van der Waals surface area (Å²) in [5.41, 5.74) is 2.26. The fourth-order valence-corrected chi connectivity index (χ4v) is 21.0. The number of rotatable bonds is 18. The minimum atomic E-state index is -2.84. The number of carbonyl (C=O) groups excluding carboxylic acids is 1. The fourth-order valence-electron chi connectivity index (χ4n) is 5.02. The van der Waals surface area contributed by atoms with Gasteiger partial charge in [-0.3, -0.25) is 0 Å². The van der Waals surface area contributed by atoms with Gasteiger partial charge in [0, 0.05) is 0 Å². The van der Waals surface area contributed by atoms with Crippen LogP contribution in [0.1, 0.15) is 73.1 Å². The van der Waals surface area contributed by atoms with Gasteiger partial charge >= 0.3 is 219 Å². The number of hydrogen-bond donors (Lipinski definition) is 1. The maximum absolute atomic E-state index is 12.9. The molecule has 1 heterocycles. The van der Waals surface area contributed by atoms with Crippen LogP contribution < -0.4 is 9.03 Å². The zero-order valence-electron chi connectivity index (χ0n) is 23.0. The third-order valence-corrected chi connectivity index (χ3v) is 22.3. The van der Waals surface area contributed by atoms with E-state index in [1.807, 2.05) is 4.68 Å². The van der Waals surface area contributed by atoms with Crippen molar-refractivity contribution in [2.75, 3.05) is 26.2 Å². The molecule has 0 unspecified atom stereocenters. The molecule has 1 amide bonds. The third-order valence-electron chi connectivity index (χ3n) is 7.25. The average molecular weight is 590 g/mol. The molecule has 0 atom stereocenters. The second-order valence-electron chi connectivity index (χ2n) is 9.78. The molecule has 0 radical (unpaired) electrons. The number of unbranched alkanes of at least 4 members (excludes halogenated alkanes) is 3. The van der Waals surface area contributed by atoms with E-state index in [2.05, 4.69) is 80.4 Å². The molecule has 2 aromatic rings. The number of carbonyl (C=O) groups is 1. The first-order valence-electron chi connectivity index (χ1n) is 14.0. The van der Waals surface area contributed by atoms with E-state index < -0.39 is 18.4 Å². The van der Waals surface area contributed by atoms with Crippen LogP contribution >= 0.6 is 0 Å². The molecule has 0 fully saturated rings. The quantitative estimate of drug-likeness (QED) is 0.235. The van der Waals surface area contributed by atoms with E-state index in [1.165, 1.54) is 55.5 Å². The Balaban J connectivity index is 2.42. The van der Waals surface area contributed by atoms with Gasteiger partial charge in [0.2, 0.25) is 0 Å². The van der Waals surface area contributed by atoms with Crippen molar-refractivity contribution in [2.24, 2.45) is 0 Å². The Morgan fingerprint density at radius 1 is 0.914 bits per heavy atom. The summed E-state index contributed by atoms with van der Waals surface area (Å²) in [4.78, 5) is 15.2. The standard InChI is InChI=1S/C16H22N5O.3C4H9.Sn/c1-3-20(4-2)11-10-17-16(22)13-21-15(12-18-19-21)14-8-6-5-7-9-14;3*1-3-4-2;/h5-9H,3-4,10-11,13H2,1-2H3,(H,17,22);3*1,3-4H2,2H3;. The molecule has 196 valence electrons. The normalized spacial score (nSPS) is 11.8. The second-order valence-corrected chi connectivity index (χ2v) is 22.7. The van der Waals surface area contributed by atoms with E-state index in [-0.39, 0.29) is 12.5 Å². The first-order valence-corrected chi connectivity index (χ1v) is 21.5. The average Bonchev–Trinajstić information content (AvgIpc) is 3.31. The number of hydrogen-bond acceptors (Lipinski definition) is 4. The molecule has 1 N–H and O–H groups in total. The van der Waals surface area contributed by atoms with Gasteiger partial charge in [0.1, 0.15) is 0 Å². The van der Waals surface area contributed by atoms with E-state index in [0.29, 0.717) is 6.54 Å². The molecular weight excluding hydrogens is 541 g/mol. The van der Waals surface area contributed by atoms with Gasteiger partial charge in [-0.2, -0.15) is 0 Å². The fraction of sp³-hybridized carbons (Fsp3) is 0.679. The Bertz CT molecular complexity index is 829. The Morgan fingerprint density at radius 3 is 2.00 bits per heavy atom. The minimum absolute atomic E-state index is 0.0160. The number of aromatic nitrogens is 3. The monoisotopic (exact) mass is 591 g/mol. The molecule has 1 aromatic carbocycles. The van der Waals surface area contributed by atoms with Crippen LogP contribution in [0.25, 0.3) is 11.3 Å². The summed E-state index contributed by atoms with van der Waals surface area (Å²) in [7, 11) is 0. The van der Waals surface area contributed by atoms with Crippen LogP contribution in [0, 0.1) is 0 Å². The van der Waals surface area contributed by atoms with Gasteiger partial charge in [-0.05, 0) is 0 Å². The van der Waals surface area contributed by atoms with Gasteiger partial charge in [0.15, 0.2) is 0 Å². The molecule has 0 saturated carbocycles. The van der Waals surface area contributed by atoms with Gasteiger partial charge in [0.25, 0.3) is 0 Å². The van der Waals surface area contributed by atoms with Crippen molar-refractivity contribution < 1.29 is 4.79 Å². The molecule has 0 spiro atoms. The van der Waals surface area contributed by atoms with Crippen LogP contribution in [0.4, 0.5) is 0 Å². The summed E-state index contributed by atoms with van der Waals surface area (Å²) >= 11 is -2.84. The van der Waals surface area contributed by atoms with E-state index in [0.717, 1.165) is 30.9 Å². The molecule has 0 saturated heterocycles. The van der Waals surface area contributed by atoms with Crippen molar-refractivity contribution in [3.8, 4) is 11.3 Å². The van der Waals surface area contributed by atoms with Crippen molar-refractivity contribution in [1.29, 1.82) is 0 Å². The predicted molar refractivity (Wildman–Crippen MR) is 151 cm³/mol. The summed E-state index contributed by atoms with van der Waals surface area (Å²) in [5.74, 6) is 0.0160. The van der Waals surface area contributed by atoms with Crippen molar-refractivity contribution in [3.05, 3.63) is 30.3 Å². The molecule has 6 nitrogen and oxygen atoms in total. The molecule has 0 aliphatic carbocycles. The van der Waals surface area contributed by atoms with Gasteiger partial charge < -0.3 is 0 Å². The van der Waals surface area contributed by atoms with E-state index >= 15 is 0 Å². The summed E-state index contributed by atoms with van der Waals surface area (Å²) in [6.45, 7) is 15.0. The van der Waals surface area contributed by atoms with E-state index in [9.17, 15) is 4.79 Å². The van der Waals surface area contributed by atoms with Crippen molar-refractivity contribution in [1.82, 2.24) is 25.2 Å². The zero-order chi connectivity index (χ0) is 25.5. The van der Waals surface area contributed by atoms with Crippen molar-refractivity contribution in [3.63, 3.8) is 0 Å². The van der Waals surface area contributed by atoms with Crippen LogP contribution in [0.5, 0.6) is 0 Å². The van der Waals surface area contributed by atoms with Crippen molar-refractivity contribution >= 4 is 28.0 Å². The molecular formula is C28H49N5OSn. The summed E-state index contributed by atoms with van der Waals surface area (Å²) in [6.07, 6.45) is 7.49. The van der Waals surface area contributed by atoms with Crippen LogP contribution in [-0.4, -0.2) is 70.4 Å². The van der Waals surface area contributed by atoms with Gasteiger partial charge in [-0.1, -0.05) is 0 Å². The first kappa shape index (κ1) is 29.8. The van der Waals surface area contributed by atoms with Gasteiger partial charge in [-0.25, -0.2) is 0 Å². The van der Waals surface area contributed by atoms with Crippen LogP contribution in [0.3, 0.4) is 0 Å². The van der Waals surface area contributed by atoms with Crippen molar-refractivity contribution in [2.45, 2.75) is 93.0 Å². The molecule has 35 heavy (non-hydrogen) atoms. The Kier molecular flexibility index (Phi) is 13.9. The maximum atomic E-state index is 12.9. The summed E-state index contributed by atoms with van der Waals surface area (Å²) < 4.78 is 7.20. The van der Waals surface area contributed by atoms with E-state index in [1.54, 1.807) is 0 Å². The number of benzene rings is 1. The first-order chi connectivity index (χ1) is 17.0. The number of amides is 1. The van der Waals surface area contributed by atoms with Crippen LogP contribution in [0.15, 0.2) is 30.3 Å². The van der Waals surface area contributed by atoms with Gasteiger partial charge in [-0.15, -0.1) is 0 Å². The van der Waals surface area contributed by atoms with Gasteiger partial charge in [0.05, 0.1) is 0 Å². The molecule has 7 heteroatoms. The third kappa shape index (κ3) is 8.88. The van der Waals surface area contributed by atoms with Crippen LogP contribution in [-0.2, 0) is 11.3 Å². The van der Waals surface area contributed by atoms with Crippen LogP contribution in [0.2, 0.25) is 13.3 Å². The Labute approximate surface area is 218 Å². The molecule has 0 aliphatic heterocycles. The number of nitrogens with one attached hydrogen (secondary N) is 1. The molecule has 1 aromatic heterocycles. The Morgan fingerprint density at radius 2 is 1.49 bits per heavy atom. The number of nitrogens with zero attached hydrogens (tertiary/aromatic N) is 4. The second kappa shape index (κ2) is 16.4. The molecule has 0 bridgehead atoms.